The van der Waals surface area contributed by atoms with Crippen molar-refractivity contribution in [2.24, 2.45) is 5.16 Å². The minimum Gasteiger partial charge on any atom is -0.447 e. The highest BCUT2D eigenvalue weighted by atomic mass is 19.1. The van der Waals surface area contributed by atoms with E-state index < -0.39 is 11.6 Å². The van der Waals surface area contributed by atoms with E-state index in [1.807, 2.05) is 13.8 Å². The molecule has 0 bridgehead atoms. The predicted molar refractivity (Wildman–Crippen MR) is 118 cm³/mol. The highest BCUT2D eigenvalue weighted by Crippen LogP contribution is 2.31. The van der Waals surface area contributed by atoms with Crippen molar-refractivity contribution in [3.8, 4) is 11.3 Å². The molecular weight excluding hydrogens is 434 g/mol. The summed E-state index contributed by atoms with van der Waals surface area (Å²) < 4.78 is 39.5. The Labute approximate surface area is 191 Å². The third kappa shape index (κ3) is 5.61. The molecule has 4 rings (SSSR count). The number of piperidine rings is 2. The maximum atomic E-state index is 14.7. The van der Waals surface area contributed by atoms with Crippen molar-refractivity contribution in [2.45, 2.75) is 51.7 Å². The zero-order chi connectivity index (χ0) is 23.4. The van der Waals surface area contributed by atoms with Crippen LogP contribution in [0.1, 0.15) is 39.5 Å². The van der Waals surface area contributed by atoms with Gasteiger partial charge in [-0.25, -0.2) is 18.6 Å². The molecule has 33 heavy (non-hydrogen) atoms. The summed E-state index contributed by atoms with van der Waals surface area (Å²) in [6.07, 6.45) is 4.64. The van der Waals surface area contributed by atoms with Crippen LogP contribution in [0.25, 0.3) is 11.3 Å². The second-order valence-electron chi connectivity index (χ2n) is 8.52. The number of benzene rings is 1. The molecule has 3 heterocycles. The van der Waals surface area contributed by atoms with Crippen LogP contribution in [-0.2, 0) is 9.57 Å². The summed E-state index contributed by atoms with van der Waals surface area (Å²) in [5, 5.41) is 4.31. The Morgan fingerprint density at radius 3 is 2.52 bits per heavy atom. The zero-order valence-corrected chi connectivity index (χ0v) is 18.8. The molecule has 2 saturated heterocycles. The number of nitrogens with zero attached hydrogens (tertiary/aromatic N) is 4. The smallest absolute Gasteiger partial charge is 0.410 e. The average Bonchev–Trinajstić information content (AvgIpc) is 3.34. The van der Waals surface area contributed by atoms with Crippen molar-refractivity contribution in [3.05, 3.63) is 36.4 Å². The maximum Gasteiger partial charge on any atom is 0.410 e. The lowest BCUT2D eigenvalue weighted by Gasteiger charge is -2.32. The number of aromatic nitrogens is 1. The summed E-state index contributed by atoms with van der Waals surface area (Å²) in [6, 6.07) is 2.34. The minimum absolute atomic E-state index is 0.0462. The minimum atomic E-state index is -0.561. The molecule has 1 amide bonds. The summed E-state index contributed by atoms with van der Waals surface area (Å²) in [5.41, 5.74) is 1.16. The van der Waals surface area contributed by atoms with Gasteiger partial charge in [-0.1, -0.05) is 5.16 Å². The van der Waals surface area contributed by atoms with E-state index in [0.29, 0.717) is 51.9 Å². The second kappa shape index (κ2) is 10.2. The van der Waals surface area contributed by atoms with E-state index in [2.05, 4.69) is 10.1 Å². The number of likely N-dealkylation sites (tertiary alicyclic amines) is 1. The quantitative estimate of drug-likeness (QED) is 0.604. The number of oxime groups is 1. The first kappa shape index (κ1) is 23.0. The highest BCUT2D eigenvalue weighted by Gasteiger charge is 2.26. The van der Waals surface area contributed by atoms with Crippen molar-refractivity contribution in [1.82, 2.24) is 9.88 Å². The van der Waals surface area contributed by atoms with Crippen molar-refractivity contribution < 1.29 is 27.6 Å². The van der Waals surface area contributed by atoms with E-state index >= 15 is 0 Å². The molecule has 2 aliphatic heterocycles. The van der Waals surface area contributed by atoms with E-state index in [1.54, 1.807) is 9.80 Å². The molecule has 0 spiro atoms. The molecule has 0 atom stereocenters. The Morgan fingerprint density at radius 1 is 1.15 bits per heavy atom. The number of carbonyl (C=O) groups excluding carboxylic acids is 1. The fourth-order valence-corrected chi connectivity index (χ4v) is 3.98. The normalized spacial score (nSPS) is 17.4. The predicted octanol–water partition coefficient (Wildman–Crippen LogP) is 4.60. The number of hydrogen-bond acceptors (Lipinski definition) is 7. The van der Waals surface area contributed by atoms with Gasteiger partial charge in [0.15, 0.2) is 12.2 Å². The molecule has 0 radical (unpaired) electrons. The molecule has 0 saturated carbocycles. The standard InChI is InChI=1S/C23H28F2N4O4/c1-15(2)32-23(30)29-9-5-17(6-10-29)33-27-16-3-7-28(8-4-16)21-12-19(24)18(11-20(21)25)22-13-26-14-31-22/h11-15,17H,3-10H2,1-2H3. The van der Waals surface area contributed by atoms with Gasteiger partial charge in [-0.15, -0.1) is 0 Å². The van der Waals surface area contributed by atoms with E-state index in [-0.39, 0.29) is 35.3 Å². The second-order valence-corrected chi connectivity index (χ2v) is 8.52. The van der Waals surface area contributed by atoms with Crippen LogP contribution in [-0.4, -0.2) is 60.1 Å². The molecule has 2 aromatic rings. The van der Waals surface area contributed by atoms with Crippen LogP contribution in [0.5, 0.6) is 0 Å². The van der Waals surface area contributed by atoms with Gasteiger partial charge in [-0.3, -0.25) is 0 Å². The maximum absolute atomic E-state index is 14.7. The number of ether oxygens (including phenoxy) is 1. The van der Waals surface area contributed by atoms with Gasteiger partial charge in [-0.05, 0) is 19.9 Å². The SMILES string of the molecule is CC(C)OC(=O)N1CCC(ON=C2CCN(c3cc(F)c(-c4cnco4)cc3F)CC2)CC1. The van der Waals surface area contributed by atoms with Crippen LogP contribution in [0.4, 0.5) is 19.3 Å². The lowest BCUT2D eigenvalue weighted by atomic mass is 10.1. The summed E-state index contributed by atoms with van der Waals surface area (Å²) in [4.78, 5) is 24.9. The van der Waals surface area contributed by atoms with Crippen LogP contribution in [0.3, 0.4) is 0 Å². The van der Waals surface area contributed by atoms with Crippen molar-refractivity contribution in [1.29, 1.82) is 0 Å². The highest BCUT2D eigenvalue weighted by molar-refractivity contribution is 5.86. The summed E-state index contributed by atoms with van der Waals surface area (Å²) in [5.74, 6) is -0.887. The Hall–Kier alpha value is -3.17. The molecule has 8 nitrogen and oxygen atoms in total. The van der Waals surface area contributed by atoms with E-state index in [0.717, 1.165) is 11.8 Å². The van der Waals surface area contributed by atoms with Gasteiger partial charge < -0.3 is 23.8 Å². The Morgan fingerprint density at radius 2 is 1.88 bits per heavy atom. The summed E-state index contributed by atoms with van der Waals surface area (Å²) in [7, 11) is 0. The number of halogens is 2. The van der Waals surface area contributed by atoms with Crippen LogP contribution in [0, 0.1) is 11.6 Å². The molecular formula is C23H28F2N4O4. The van der Waals surface area contributed by atoms with Gasteiger partial charge in [-0.2, -0.15) is 0 Å². The van der Waals surface area contributed by atoms with Gasteiger partial charge in [0.25, 0.3) is 0 Å². The van der Waals surface area contributed by atoms with Crippen molar-refractivity contribution in [2.75, 3.05) is 31.1 Å². The largest absolute Gasteiger partial charge is 0.447 e. The molecule has 178 valence electrons. The number of rotatable bonds is 5. The summed E-state index contributed by atoms with van der Waals surface area (Å²) in [6.45, 7) is 5.83. The van der Waals surface area contributed by atoms with Gasteiger partial charge in [0.05, 0.1) is 29.3 Å². The fourth-order valence-electron chi connectivity index (χ4n) is 3.98. The van der Waals surface area contributed by atoms with Crippen LogP contribution in [0.2, 0.25) is 0 Å². The third-order valence-electron chi connectivity index (χ3n) is 5.78. The monoisotopic (exact) mass is 462 g/mol. The molecule has 0 N–H and O–H groups in total. The van der Waals surface area contributed by atoms with Gasteiger partial charge >= 0.3 is 6.09 Å². The zero-order valence-electron chi connectivity index (χ0n) is 18.8. The molecule has 1 aromatic heterocycles. The van der Waals surface area contributed by atoms with Crippen LogP contribution in [0.15, 0.2) is 34.3 Å². The molecule has 0 unspecified atom stereocenters. The first-order valence-corrected chi connectivity index (χ1v) is 11.2. The Kier molecular flexibility index (Phi) is 7.10. The van der Waals surface area contributed by atoms with E-state index in [9.17, 15) is 13.6 Å². The number of carbonyl (C=O) groups is 1. The first-order chi connectivity index (χ1) is 15.9. The van der Waals surface area contributed by atoms with Crippen LogP contribution < -0.4 is 4.90 Å². The molecule has 0 aliphatic carbocycles. The van der Waals surface area contributed by atoms with Crippen LogP contribution >= 0.6 is 0 Å². The first-order valence-electron chi connectivity index (χ1n) is 11.2. The van der Waals surface area contributed by atoms with Gasteiger partial charge in [0.2, 0.25) is 0 Å². The lowest BCUT2D eigenvalue weighted by Crippen LogP contribution is -2.41. The lowest BCUT2D eigenvalue weighted by molar-refractivity contribution is 0.00415. The van der Waals surface area contributed by atoms with Gasteiger partial charge in [0, 0.05) is 57.9 Å². The van der Waals surface area contributed by atoms with Crippen molar-refractivity contribution in [3.63, 3.8) is 0 Å². The Bertz CT molecular complexity index is 979. The molecule has 2 fully saturated rings. The fraction of sp³-hybridized carbons (Fsp3) is 0.522. The number of hydrogen-bond donors (Lipinski definition) is 0. The van der Waals surface area contributed by atoms with Gasteiger partial charge in [0.1, 0.15) is 17.7 Å². The van der Waals surface area contributed by atoms with E-state index in [4.69, 9.17) is 14.0 Å². The molecule has 2 aliphatic rings. The summed E-state index contributed by atoms with van der Waals surface area (Å²) >= 11 is 0. The number of anilines is 1. The molecule has 1 aromatic carbocycles. The molecule has 10 heteroatoms. The van der Waals surface area contributed by atoms with E-state index in [1.165, 1.54) is 18.7 Å². The average molecular weight is 462 g/mol. The number of amides is 1. The third-order valence-corrected chi connectivity index (χ3v) is 5.78. The Balaban J connectivity index is 1.27. The number of oxazole rings is 1. The topological polar surface area (TPSA) is 80.4 Å². The van der Waals surface area contributed by atoms with Crippen molar-refractivity contribution >= 4 is 17.5 Å².